The topological polar surface area (TPSA) is 79.3 Å². The summed E-state index contributed by atoms with van der Waals surface area (Å²) in [6.07, 6.45) is 0. The van der Waals surface area contributed by atoms with E-state index in [1.807, 2.05) is 6.07 Å². The van der Waals surface area contributed by atoms with E-state index in [0.29, 0.717) is 5.75 Å². The van der Waals surface area contributed by atoms with E-state index in [4.69, 9.17) is 20.8 Å². The van der Waals surface area contributed by atoms with E-state index < -0.39 is 5.54 Å². The van der Waals surface area contributed by atoms with E-state index in [1.165, 1.54) is 0 Å². The molecule has 3 N–H and O–H groups in total. The van der Waals surface area contributed by atoms with Gasteiger partial charge in [0, 0.05) is 0 Å². The monoisotopic (exact) mass is 206 g/mol. The maximum Gasteiger partial charge on any atom is 0.135 e. The number of aliphatic hydroxyl groups is 1. The summed E-state index contributed by atoms with van der Waals surface area (Å²) in [7, 11) is 0. The molecule has 0 saturated heterocycles. The maximum atomic E-state index is 8.90. The van der Waals surface area contributed by atoms with Gasteiger partial charge < -0.3 is 15.6 Å². The van der Waals surface area contributed by atoms with Crippen LogP contribution in [0.2, 0.25) is 0 Å². The number of hydrogen-bond acceptors (Lipinski definition) is 4. The van der Waals surface area contributed by atoms with Crippen LogP contribution in [0, 0.1) is 11.3 Å². The highest BCUT2D eigenvalue weighted by Gasteiger charge is 2.17. The van der Waals surface area contributed by atoms with Gasteiger partial charge in [0.2, 0.25) is 0 Å². The minimum Gasteiger partial charge on any atom is -0.491 e. The summed E-state index contributed by atoms with van der Waals surface area (Å²) >= 11 is 0. The highest BCUT2D eigenvalue weighted by molar-refractivity contribution is 5.28. The lowest BCUT2D eigenvalue weighted by molar-refractivity contribution is 0.260. The van der Waals surface area contributed by atoms with Gasteiger partial charge in [0.15, 0.2) is 0 Å². The van der Waals surface area contributed by atoms with Crippen molar-refractivity contribution in [2.75, 3.05) is 6.61 Å². The molecule has 1 aromatic carbocycles. The minimum atomic E-state index is -0.991. The molecule has 0 saturated carbocycles. The van der Waals surface area contributed by atoms with E-state index in [1.54, 1.807) is 31.2 Å². The van der Waals surface area contributed by atoms with Crippen LogP contribution >= 0.6 is 0 Å². The molecule has 0 spiro atoms. The van der Waals surface area contributed by atoms with Gasteiger partial charge in [0.1, 0.15) is 17.9 Å². The third-order valence-corrected chi connectivity index (χ3v) is 1.88. The lowest BCUT2D eigenvalue weighted by atomic mass is 10.1. The predicted molar refractivity (Wildman–Crippen MR) is 56.1 cm³/mol. The Morgan fingerprint density at radius 3 is 2.93 bits per heavy atom. The van der Waals surface area contributed by atoms with Crippen molar-refractivity contribution in [1.82, 2.24) is 0 Å². The Balaban J connectivity index is 2.62. The lowest BCUT2D eigenvalue weighted by Gasteiger charge is -2.16. The number of rotatable bonds is 4. The maximum absolute atomic E-state index is 8.90. The number of hydrogen-bond donors (Lipinski definition) is 2. The van der Waals surface area contributed by atoms with Crippen LogP contribution < -0.4 is 10.5 Å². The van der Waals surface area contributed by atoms with Crippen LogP contribution in [0.5, 0.6) is 5.75 Å². The third-order valence-electron chi connectivity index (χ3n) is 1.88. The molecule has 0 heterocycles. The van der Waals surface area contributed by atoms with Crippen molar-refractivity contribution in [2.24, 2.45) is 5.73 Å². The molecule has 15 heavy (non-hydrogen) atoms. The molecule has 1 rings (SSSR count). The zero-order valence-electron chi connectivity index (χ0n) is 8.60. The number of ether oxygens (including phenoxy) is 1. The summed E-state index contributed by atoms with van der Waals surface area (Å²) in [6.45, 7) is 1.69. The Morgan fingerprint density at radius 1 is 1.60 bits per heavy atom. The fourth-order valence-corrected chi connectivity index (χ4v) is 0.999. The zero-order valence-corrected chi connectivity index (χ0v) is 8.60. The molecule has 0 amide bonds. The quantitative estimate of drug-likeness (QED) is 0.763. The Bertz CT molecular complexity index is 369. The molecular weight excluding hydrogens is 192 g/mol. The second-order valence-corrected chi connectivity index (χ2v) is 3.62. The molecule has 0 aliphatic carbocycles. The second kappa shape index (κ2) is 4.78. The molecule has 1 unspecified atom stereocenters. The average Bonchev–Trinajstić information content (AvgIpc) is 2.27. The van der Waals surface area contributed by atoms with Gasteiger partial charge in [-0.3, -0.25) is 0 Å². The SMILES string of the molecule is CC(N)(C#N)COc1cccc(CO)c1. The van der Waals surface area contributed by atoms with Crippen LogP contribution in [0.3, 0.4) is 0 Å². The summed E-state index contributed by atoms with van der Waals surface area (Å²) in [4.78, 5) is 0. The lowest BCUT2D eigenvalue weighted by Crippen LogP contribution is -2.40. The van der Waals surface area contributed by atoms with E-state index in [9.17, 15) is 0 Å². The zero-order chi connectivity index (χ0) is 11.3. The minimum absolute atomic E-state index is 0.0324. The molecule has 4 nitrogen and oxygen atoms in total. The van der Waals surface area contributed by atoms with Gasteiger partial charge >= 0.3 is 0 Å². The smallest absolute Gasteiger partial charge is 0.135 e. The van der Waals surface area contributed by atoms with Gasteiger partial charge in [-0.05, 0) is 24.6 Å². The van der Waals surface area contributed by atoms with Crippen molar-refractivity contribution in [3.63, 3.8) is 0 Å². The largest absolute Gasteiger partial charge is 0.491 e. The molecule has 4 heteroatoms. The van der Waals surface area contributed by atoms with E-state index in [-0.39, 0.29) is 13.2 Å². The third kappa shape index (κ3) is 3.58. The summed E-state index contributed by atoms with van der Waals surface area (Å²) in [5.41, 5.74) is 5.37. The van der Waals surface area contributed by atoms with Crippen LogP contribution in [0.4, 0.5) is 0 Å². The first-order valence-electron chi connectivity index (χ1n) is 4.60. The van der Waals surface area contributed by atoms with Crippen molar-refractivity contribution < 1.29 is 9.84 Å². The van der Waals surface area contributed by atoms with Crippen molar-refractivity contribution in [3.05, 3.63) is 29.8 Å². The Labute approximate surface area is 88.9 Å². The van der Waals surface area contributed by atoms with E-state index in [2.05, 4.69) is 0 Å². The fraction of sp³-hybridized carbons (Fsp3) is 0.364. The van der Waals surface area contributed by atoms with E-state index >= 15 is 0 Å². The second-order valence-electron chi connectivity index (χ2n) is 3.62. The van der Waals surface area contributed by atoms with Crippen molar-refractivity contribution in [1.29, 1.82) is 5.26 Å². The first-order chi connectivity index (χ1) is 7.07. The molecule has 0 bridgehead atoms. The summed E-state index contributed by atoms with van der Waals surface area (Å²) in [6, 6.07) is 8.99. The van der Waals surface area contributed by atoms with Crippen LogP contribution in [0.1, 0.15) is 12.5 Å². The molecule has 0 radical (unpaired) electrons. The fourth-order valence-electron chi connectivity index (χ4n) is 0.999. The van der Waals surface area contributed by atoms with E-state index in [0.717, 1.165) is 5.56 Å². The molecule has 0 fully saturated rings. The van der Waals surface area contributed by atoms with Crippen LogP contribution in [0.25, 0.3) is 0 Å². The van der Waals surface area contributed by atoms with Crippen LogP contribution in [0.15, 0.2) is 24.3 Å². The van der Waals surface area contributed by atoms with Crippen molar-refractivity contribution in [2.45, 2.75) is 19.1 Å². The van der Waals surface area contributed by atoms with Gasteiger partial charge in [-0.25, -0.2) is 0 Å². The summed E-state index contributed by atoms with van der Waals surface area (Å²) in [5.74, 6) is 0.605. The number of aliphatic hydroxyl groups excluding tert-OH is 1. The number of nitriles is 1. The number of nitrogens with two attached hydrogens (primary N) is 1. The highest BCUT2D eigenvalue weighted by atomic mass is 16.5. The molecule has 80 valence electrons. The first-order valence-corrected chi connectivity index (χ1v) is 4.60. The van der Waals surface area contributed by atoms with Gasteiger partial charge in [0.05, 0.1) is 12.7 Å². The normalized spacial score (nSPS) is 14.0. The average molecular weight is 206 g/mol. The van der Waals surface area contributed by atoms with Crippen molar-refractivity contribution in [3.8, 4) is 11.8 Å². The Kier molecular flexibility index (Phi) is 3.67. The van der Waals surface area contributed by atoms with Crippen molar-refractivity contribution >= 4 is 0 Å². The Hall–Kier alpha value is -1.57. The summed E-state index contributed by atoms with van der Waals surface area (Å²) < 4.78 is 5.35. The van der Waals surface area contributed by atoms with Gasteiger partial charge in [0.25, 0.3) is 0 Å². The first kappa shape index (κ1) is 11.5. The van der Waals surface area contributed by atoms with Crippen LogP contribution in [-0.4, -0.2) is 17.3 Å². The highest BCUT2D eigenvalue weighted by Crippen LogP contribution is 2.14. The molecule has 0 aliphatic heterocycles. The number of nitrogens with zero attached hydrogens (tertiary/aromatic N) is 1. The van der Waals surface area contributed by atoms with Gasteiger partial charge in [-0.15, -0.1) is 0 Å². The predicted octanol–water partition coefficient (Wildman–Crippen LogP) is 0.799. The van der Waals surface area contributed by atoms with Gasteiger partial charge in [-0.1, -0.05) is 12.1 Å². The standard InChI is InChI=1S/C11H14N2O2/c1-11(13,7-12)8-15-10-4-2-3-9(5-10)6-14/h2-5,14H,6,8,13H2,1H3. The molecule has 1 atom stereocenters. The Morgan fingerprint density at radius 2 is 2.33 bits per heavy atom. The summed E-state index contributed by atoms with van der Waals surface area (Å²) in [5, 5.41) is 17.6. The molecular formula is C11H14N2O2. The molecule has 0 aliphatic rings. The van der Waals surface area contributed by atoms with Gasteiger partial charge in [-0.2, -0.15) is 5.26 Å². The molecule has 0 aromatic heterocycles. The van der Waals surface area contributed by atoms with Crippen LogP contribution in [-0.2, 0) is 6.61 Å². The number of benzene rings is 1. The molecule has 1 aromatic rings.